The fourth-order valence-corrected chi connectivity index (χ4v) is 2.19. The summed E-state index contributed by atoms with van der Waals surface area (Å²) in [5.74, 6) is 0.707. The normalized spacial score (nSPS) is 10.6. The summed E-state index contributed by atoms with van der Waals surface area (Å²) in [5.41, 5.74) is 0.471. The Kier molecular flexibility index (Phi) is 9.17. The molecule has 0 amide bonds. The second-order valence-corrected chi connectivity index (χ2v) is 5.27. The number of rotatable bonds is 11. The molecule has 1 aromatic rings. The van der Waals surface area contributed by atoms with E-state index in [1.54, 1.807) is 18.2 Å². The Morgan fingerprint density at radius 1 is 0.950 bits per heavy atom. The van der Waals surface area contributed by atoms with Gasteiger partial charge in [-0.3, -0.25) is 0 Å². The van der Waals surface area contributed by atoms with Crippen LogP contribution >= 0.6 is 0 Å². The molecule has 0 fully saturated rings. The van der Waals surface area contributed by atoms with E-state index >= 15 is 0 Å². The van der Waals surface area contributed by atoms with Gasteiger partial charge in [0.15, 0.2) is 0 Å². The maximum atomic E-state index is 9.08. The van der Waals surface area contributed by atoms with Crippen molar-refractivity contribution >= 4 is 12.6 Å². The second kappa shape index (κ2) is 10.8. The fraction of sp³-hybridized carbons (Fsp3) is 0.625. The largest absolute Gasteiger partial charge is 0.494 e. The molecule has 0 atom stereocenters. The first-order valence-corrected chi connectivity index (χ1v) is 7.83. The van der Waals surface area contributed by atoms with Crippen molar-refractivity contribution in [1.82, 2.24) is 0 Å². The molecule has 0 unspecified atom stereocenters. The lowest BCUT2D eigenvalue weighted by molar-refractivity contribution is 0.304. The van der Waals surface area contributed by atoms with Crippen molar-refractivity contribution in [2.45, 2.75) is 58.3 Å². The van der Waals surface area contributed by atoms with E-state index in [-0.39, 0.29) is 0 Å². The van der Waals surface area contributed by atoms with Gasteiger partial charge >= 0.3 is 7.12 Å². The van der Waals surface area contributed by atoms with Crippen molar-refractivity contribution in [3.63, 3.8) is 0 Å². The lowest BCUT2D eigenvalue weighted by Gasteiger charge is -2.07. The van der Waals surface area contributed by atoms with Crippen LogP contribution in [0.4, 0.5) is 0 Å². The van der Waals surface area contributed by atoms with Gasteiger partial charge in [-0.15, -0.1) is 0 Å². The molecule has 20 heavy (non-hydrogen) atoms. The van der Waals surface area contributed by atoms with Gasteiger partial charge < -0.3 is 14.8 Å². The lowest BCUT2D eigenvalue weighted by Crippen LogP contribution is -2.29. The third kappa shape index (κ3) is 7.56. The van der Waals surface area contributed by atoms with Crippen LogP contribution in [-0.2, 0) is 0 Å². The minimum atomic E-state index is -1.43. The molecule has 0 saturated heterocycles. The van der Waals surface area contributed by atoms with Crippen LogP contribution < -0.4 is 10.2 Å². The molecule has 0 bridgehead atoms. The molecule has 1 aromatic carbocycles. The molecule has 0 spiro atoms. The quantitative estimate of drug-likeness (QED) is 0.483. The minimum Gasteiger partial charge on any atom is -0.494 e. The summed E-state index contributed by atoms with van der Waals surface area (Å²) in [7, 11) is -1.43. The molecular formula is C16H27BO3. The highest BCUT2D eigenvalue weighted by Gasteiger charge is 2.10. The van der Waals surface area contributed by atoms with Crippen LogP contribution in [0.15, 0.2) is 24.3 Å². The Balaban J connectivity index is 2.05. The first-order valence-electron chi connectivity index (χ1n) is 7.83. The van der Waals surface area contributed by atoms with Gasteiger partial charge in [0, 0.05) is 0 Å². The number of hydrogen-bond acceptors (Lipinski definition) is 3. The third-order valence-electron chi connectivity index (χ3n) is 3.42. The van der Waals surface area contributed by atoms with Crippen LogP contribution in [0.3, 0.4) is 0 Å². The predicted octanol–water partition coefficient (Wildman–Crippen LogP) is 2.89. The topological polar surface area (TPSA) is 49.7 Å². The predicted molar refractivity (Wildman–Crippen MR) is 84.4 cm³/mol. The molecule has 0 aliphatic rings. The first kappa shape index (κ1) is 17.1. The standard InChI is InChI=1S/C16H27BO3/c1-2-3-4-5-6-7-8-9-13-20-16-12-10-11-15(14-16)17(18)19/h10-12,14,18-19H,2-9,13H2,1H3. The highest BCUT2D eigenvalue weighted by Crippen LogP contribution is 2.11. The Morgan fingerprint density at radius 3 is 2.25 bits per heavy atom. The zero-order valence-electron chi connectivity index (χ0n) is 12.6. The van der Waals surface area contributed by atoms with E-state index in [0.29, 0.717) is 17.8 Å². The van der Waals surface area contributed by atoms with Crippen LogP contribution in [0.5, 0.6) is 5.75 Å². The zero-order chi connectivity index (χ0) is 14.6. The molecule has 0 aromatic heterocycles. The van der Waals surface area contributed by atoms with Gasteiger partial charge in [-0.25, -0.2) is 0 Å². The lowest BCUT2D eigenvalue weighted by atomic mass is 9.80. The molecule has 112 valence electrons. The average Bonchev–Trinajstić information content (AvgIpc) is 2.46. The van der Waals surface area contributed by atoms with Crippen molar-refractivity contribution in [3.8, 4) is 5.75 Å². The molecule has 2 N–H and O–H groups in total. The van der Waals surface area contributed by atoms with Gasteiger partial charge in [0.2, 0.25) is 0 Å². The molecule has 0 aliphatic heterocycles. The summed E-state index contributed by atoms with van der Waals surface area (Å²) in [6, 6.07) is 6.97. The van der Waals surface area contributed by atoms with Crippen LogP contribution in [0.25, 0.3) is 0 Å². The number of hydrogen-bond donors (Lipinski definition) is 2. The highest BCUT2D eigenvalue weighted by molar-refractivity contribution is 6.58. The number of benzene rings is 1. The molecular weight excluding hydrogens is 251 g/mol. The van der Waals surface area contributed by atoms with E-state index in [9.17, 15) is 0 Å². The summed E-state index contributed by atoms with van der Waals surface area (Å²) in [6.45, 7) is 2.93. The highest BCUT2D eigenvalue weighted by atomic mass is 16.5. The molecule has 0 heterocycles. The third-order valence-corrected chi connectivity index (χ3v) is 3.42. The SMILES string of the molecule is CCCCCCCCCCOc1cccc(B(O)O)c1. The van der Waals surface area contributed by atoms with Gasteiger partial charge in [0.1, 0.15) is 5.75 Å². The van der Waals surface area contributed by atoms with E-state index in [2.05, 4.69) is 6.92 Å². The maximum absolute atomic E-state index is 9.08. The van der Waals surface area contributed by atoms with E-state index in [4.69, 9.17) is 14.8 Å². The van der Waals surface area contributed by atoms with Gasteiger partial charge in [-0.05, 0) is 24.0 Å². The van der Waals surface area contributed by atoms with Crippen molar-refractivity contribution in [3.05, 3.63) is 24.3 Å². The summed E-state index contributed by atoms with van der Waals surface area (Å²) in [5, 5.41) is 18.2. The van der Waals surface area contributed by atoms with Crippen LogP contribution in [0.1, 0.15) is 58.3 Å². The summed E-state index contributed by atoms with van der Waals surface area (Å²) >= 11 is 0. The molecule has 1 rings (SSSR count). The van der Waals surface area contributed by atoms with Crippen LogP contribution in [0.2, 0.25) is 0 Å². The zero-order valence-corrected chi connectivity index (χ0v) is 12.6. The van der Waals surface area contributed by atoms with Gasteiger partial charge in [-0.1, -0.05) is 64.0 Å². The van der Waals surface area contributed by atoms with Gasteiger partial charge in [0.05, 0.1) is 6.61 Å². The Labute approximate surface area is 123 Å². The summed E-state index contributed by atoms with van der Waals surface area (Å²) < 4.78 is 5.62. The number of unbranched alkanes of at least 4 members (excludes halogenated alkanes) is 7. The fourth-order valence-electron chi connectivity index (χ4n) is 2.19. The molecule has 4 heteroatoms. The van der Waals surface area contributed by atoms with Gasteiger partial charge in [-0.2, -0.15) is 0 Å². The van der Waals surface area contributed by atoms with Crippen LogP contribution in [-0.4, -0.2) is 23.8 Å². The van der Waals surface area contributed by atoms with E-state index in [1.165, 1.54) is 44.9 Å². The Bertz CT molecular complexity index is 355. The minimum absolute atomic E-state index is 0.471. The molecule has 0 saturated carbocycles. The average molecular weight is 278 g/mol. The van der Waals surface area contributed by atoms with E-state index in [0.717, 1.165) is 6.42 Å². The maximum Gasteiger partial charge on any atom is 0.488 e. The monoisotopic (exact) mass is 278 g/mol. The summed E-state index contributed by atoms with van der Waals surface area (Å²) in [6.07, 6.45) is 10.2. The number of ether oxygens (including phenoxy) is 1. The van der Waals surface area contributed by atoms with Crippen LogP contribution in [0, 0.1) is 0 Å². The molecule has 0 aliphatic carbocycles. The van der Waals surface area contributed by atoms with Crippen molar-refractivity contribution < 1.29 is 14.8 Å². The van der Waals surface area contributed by atoms with Crippen molar-refractivity contribution in [1.29, 1.82) is 0 Å². The van der Waals surface area contributed by atoms with Gasteiger partial charge in [0.25, 0.3) is 0 Å². The van der Waals surface area contributed by atoms with Crippen molar-refractivity contribution in [2.24, 2.45) is 0 Å². The first-order chi connectivity index (χ1) is 9.74. The Morgan fingerprint density at radius 2 is 1.60 bits per heavy atom. The smallest absolute Gasteiger partial charge is 0.488 e. The van der Waals surface area contributed by atoms with Crippen molar-refractivity contribution in [2.75, 3.05) is 6.61 Å². The second-order valence-electron chi connectivity index (χ2n) is 5.27. The molecule has 0 radical (unpaired) electrons. The van der Waals surface area contributed by atoms with E-state index < -0.39 is 7.12 Å². The summed E-state index contributed by atoms with van der Waals surface area (Å²) in [4.78, 5) is 0. The molecule has 3 nitrogen and oxygen atoms in total. The Hall–Kier alpha value is -0.995. The van der Waals surface area contributed by atoms with E-state index in [1.807, 2.05) is 6.07 Å².